The maximum atomic E-state index is 13.2. The van der Waals surface area contributed by atoms with Gasteiger partial charge in [-0.2, -0.15) is 0 Å². The Morgan fingerprint density at radius 1 is 0.939 bits per heavy atom. The minimum atomic E-state index is -0.330. The van der Waals surface area contributed by atoms with Gasteiger partial charge in [-0.1, -0.05) is 31.9 Å². The monoisotopic (exact) mass is 576 g/mol. The summed E-state index contributed by atoms with van der Waals surface area (Å²) in [6.07, 6.45) is 0.889. The molecule has 0 unspecified atom stereocenters. The highest BCUT2D eigenvalue weighted by molar-refractivity contribution is 9.12. The van der Waals surface area contributed by atoms with Crippen LogP contribution in [0.25, 0.3) is 0 Å². The lowest BCUT2D eigenvalue weighted by Crippen LogP contribution is -2.37. The third kappa shape index (κ3) is 3.47. The molecule has 3 fully saturated rings. The molecule has 1 saturated heterocycles. The Labute approximate surface area is 208 Å². The Hall–Kier alpha value is -2.39. The highest BCUT2D eigenvalue weighted by atomic mass is 79.9. The molecule has 7 nitrogen and oxygen atoms in total. The second-order valence-electron chi connectivity index (χ2n) is 8.58. The van der Waals surface area contributed by atoms with Crippen LogP contribution in [0.1, 0.15) is 16.8 Å². The van der Waals surface area contributed by atoms with E-state index in [1.807, 2.05) is 0 Å². The molecular formula is C24H22Br2N2O5. The van der Waals surface area contributed by atoms with Crippen LogP contribution in [0.15, 0.2) is 42.5 Å². The first-order valence-electron chi connectivity index (χ1n) is 10.6. The van der Waals surface area contributed by atoms with Gasteiger partial charge < -0.3 is 14.8 Å². The van der Waals surface area contributed by atoms with Crippen molar-refractivity contribution in [2.75, 3.05) is 24.4 Å². The molecular weight excluding hydrogens is 556 g/mol. The minimum Gasteiger partial charge on any atom is -0.497 e. The first-order valence-corrected chi connectivity index (χ1v) is 12.5. The molecule has 5 rings (SSSR count). The highest BCUT2D eigenvalue weighted by Gasteiger charge is 2.66. The number of ether oxygens (including phenoxy) is 2. The summed E-state index contributed by atoms with van der Waals surface area (Å²) in [6, 6.07) is 11.6. The molecule has 0 spiro atoms. The molecule has 3 aliphatic rings. The van der Waals surface area contributed by atoms with Gasteiger partial charge in [-0.15, -0.1) is 0 Å². The van der Waals surface area contributed by atoms with E-state index in [0.717, 1.165) is 6.42 Å². The molecule has 1 aliphatic heterocycles. The zero-order valence-corrected chi connectivity index (χ0v) is 21.1. The Bertz CT molecular complexity index is 1110. The van der Waals surface area contributed by atoms with Crippen LogP contribution in [0, 0.1) is 23.7 Å². The average molecular weight is 578 g/mol. The van der Waals surface area contributed by atoms with Crippen molar-refractivity contribution in [3.8, 4) is 11.5 Å². The molecule has 0 radical (unpaired) electrons. The van der Waals surface area contributed by atoms with Gasteiger partial charge in [-0.25, -0.2) is 0 Å². The normalized spacial score (nSPS) is 29.9. The lowest BCUT2D eigenvalue weighted by atomic mass is 9.81. The second-order valence-corrected chi connectivity index (χ2v) is 10.7. The van der Waals surface area contributed by atoms with Crippen molar-refractivity contribution in [1.82, 2.24) is 0 Å². The van der Waals surface area contributed by atoms with Gasteiger partial charge in [-0.05, 0) is 54.7 Å². The first-order chi connectivity index (χ1) is 15.8. The molecule has 3 amide bonds. The quantitative estimate of drug-likeness (QED) is 0.424. The number of nitrogens with zero attached hydrogens (tertiary/aromatic N) is 1. The van der Waals surface area contributed by atoms with Gasteiger partial charge in [0.05, 0.1) is 37.4 Å². The Balaban J connectivity index is 1.34. The Morgan fingerprint density at radius 2 is 1.55 bits per heavy atom. The van der Waals surface area contributed by atoms with E-state index in [2.05, 4.69) is 37.2 Å². The van der Waals surface area contributed by atoms with Crippen LogP contribution in [0.4, 0.5) is 11.4 Å². The fourth-order valence-corrected chi connectivity index (χ4v) is 7.33. The molecule has 1 heterocycles. The van der Waals surface area contributed by atoms with E-state index in [9.17, 15) is 14.4 Å². The maximum Gasteiger partial charge on any atom is 0.255 e. The van der Waals surface area contributed by atoms with E-state index < -0.39 is 0 Å². The Morgan fingerprint density at radius 3 is 2.09 bits per heavy atom. The number of halogens is 2. The van der Waals surface area contributed by atoms with Gasteiger partial charge in [0.1, 0.15) is 11.5 Å². The van der Waals surface area contributed by atoms with Crippen LogP contribution in [0.2, 0.25) is 0 Å². The van der Waals surface area contributed by atoms with Crippen molar-refractivity contribution >= 4 is 61.0 Å². The van der Waals surface area contributed by atoms with Gasteiger partial charge >= 0.3 is 0 Å². The highest BCUT2D eigenvalue weighted by Crippen LogP contribution is 2.60. The number of hydrogen-bond acceptors (Lipinski definition) is 5. The molecule has 0 aromatic heterocycles. The smallest absolute Gasteiger partial charge is 0.255 e. The number of methoxy groups -OCH3 is 2. The molecule has 33 heavy (non-hydrogen) atoms. The summed E-state index contributed by atoms with van der Waals surface area (Å²) < 4.78 is 10.5. The van der Waals surface area contributed by atoms with Gasteiger partial charge in [-0.3, -0.25) is 19.3 Å². The lowest BCUT2D eigenvalue weighted by molar-refractivity contribution is -0.123. The van der Waals surface area contributed by atoms with Crippen molar-refractivity contribution < 1.29 is 23.9 Å². The predicted octanol–water partition coefficient (Wildman–Crippen LogP) is 4.24. The minimum absolute atomic E-state index is 0.137. The molecule has 2 bridgehead atoms. The third-order valence-electron chi connectivity index (χ3n) is 7.03. The van der Waals surface area contributed by atoms with Gasteiger partial charge in [0.2, 0.25) is 11.8 Å². The van der Waals surface area contributed by atoms with E-state index in [-0.39, 0.29) is 51.0 Å². The number of carbonyl (C=O) groups is 3. The first kappa shape index (κ1) is 22.4. The average Bonchev–Trinajstić information content (AvgIpc) is 3.44. The molecule has 2 aliphatic carbocycles. The van der Waals surface area contributed by atoms with Crippen LogP contribution in [0.3, 0.4) is 0 Å². The molecule has 6 atom stereocenters. The number of fused-ring (bicyclic) bond motifs is 5. The van der Waals surface area contributed by atoms with E-state index >= 15 is 0 Å². The number of benzene rings is 2. The molecule has 172 valence electrons. The molecule has 2 saturated carbocycles. The van der Waals surface area contributed by atoms with Crippen molar-refractivity contribution in [3.05, 3.63) is 48.0 Å². The summed E-state index contributed by atoms with van der Waals surface area (Å²) in [5.74, 6) is 0.267. The van der Waals surface area contributed by atoms with Crippen LogP contribution in [0.5, 0.6) is 11.5 Å². The molecule has 2 aromatic rings. The van der Waals surface area contributed by atoms with Crippen molar-refractivity contribution in [2.24, 2.45) is 23.7 Å². The van der Waals surface area contributed by atoms with Crippen LogP contribution >= 0.6 is 31.9 Å². The van der Waals surface area contributed by atoms with Gasteiger partial charge in [0.15, 0.2) is 0 Å². The van der Waals surface area contributed by atoms with Crippen molar-refractivity contribution in [2.45, 2.75) is 16.1 Å². The van der Waals surface area contributed by atoms with E-state index in [0.29, 0.717) is 28.4 Å². The fraction of sp³-hybridized carbons (Fsp3) is 0.375. The largest absolute Gasteiger partial charge is 0.497 e. The predicted molar refractivity (Wildman–Crippen MR) is 130 cm³/mol. The number of amides is 3. The number of hydrogen-bond donors (Lipinski definition) is 1. The van der Waals surface area contributed by atoms with E-state index in [1.54, 1.807) is 49.6 Å². The van der Waals surface area contributed by atoms with Crippen LogP contribution < -0.4 is 19.7 Å². The Kier molecular flexibility index (Phi) is 5.73. The number of carbonyl (C=O) groups excluding carboxylic acids is 3. The molecule has 2 aromatic carbocycles. The van der Waals surface area contributed by atoms with Crippen LogP contribution in [-0.4, -0.2) is 41.6 Å². The molecule has 1 N–H and O–H groups in total. The topological polar surface area (TPSA) is 84.9 Å². The zero-order chi connectivity index (χ0) is 23.4. The summed E-state index contributed by atoms with van der Waals surface area (Å²) in [4.78, 5) is 40.8. The molecule has 9 heteroatoms. The number of anilines is 2. The lowest BCUT2D eigenvalue weighted by Gasteiger charge is -2.28. The second kappa shape index (κ2) is 8.43. The van der Waals surface area contributed by atoms with Crippen LogP contribution in [-0.2, 0) is 9.59 Å². The van der Waals surface area contributed by atoms with E-state index in [1.165, 1.54) is 12.0 Å². The van der Waals surface area contributed by atoms with Crippen molar-refractivity contribution in [3.63, 3.8) is 0 Å². The zero-order valence-electron chi connectivity index (χ0n) is 18.0. The number of alkyl halides is 2. The van der Waals surface area contributed by atoms with E-state index in [4.69, 9.17) is 9.47 Å². The summed E-state index contributed by atoms with van der Waals surface area (Å²) in [5.41, 5.74) is 1.40. The number of rotatable bonds is 5. The number of imide groups is 1. The van der Waals surface area contributed by atoms with Gasteiger partial charge in [0.25, 0.3) is 5.91 Å². The number of nitrogens with one attached hydrogen (secondary N) is 1. The van der Waals surface area contributed by atoms with Crippen molar-refractivity contribution in [1.29, 1.82) is 0 Å². The summed E-state index contributed by atoms with van der Waals surface area (Å²) in [6.45, 7) is 0. The maximum absolute atomic E-state index is 13.2. The standard InChI is InChI=1S/C24H22Br2N2O5/c1-32-13-7-8-16(17(9-13)33-2)27-22(29)11-3-5-12(6-4-11)28-23(30)18-14-10-15(19(18)24(28)31)21(26)20(14)25/h3-9,14-15,18-21H,10H2,1-2H3,(H,27,29)/t14-,15-,18-,19+,20-,21+/m1/s1. The fourth-order valence-electron chi connectivity index (χ4n) is 5.46. The summed E-state index contributed by atoms with van der Waals surface area (Å²) in [7, 11) is 3.07. The SMILES string of the molecule is COc1ccc(NC(=O)c2ccc(N3C(=O)[C@@H]4[C@H]5C[C@@H]([C@H](Br)[C@@H]5Br)[C@@H]4C3=O)cc2)c(OC)c1. The summed E-state index contributed by atoms with van der Waals surface area (Å²) >= 11 is 7.40. The summed E-state index contributed by atoms with van der Waals surface area (Å²) in [5, 5.41) is 2.82. The third-order valence-corrected chi connectivity index (χ3v) is 10.2. The van der Waals surface area contributed by atoms with Gasteiger partial charge in [0, 0.05) is 21.3 Å².